The number of likely N-dealkylation sites (tertiary alicyclic amines) is 2. The summed E-state index contributed by atoms with van der Waals surface area (Å²) in [6, 6.07) is 28.5. The van der Waals surface area contributed by atoms with Gasteiger partial charge < -0.3 is 14.5 Å². The zero-order valence-corrected chi connectivity index (χ0v) is 37.0. The summed E-state index contributed by atoms with van der Waals surface area (Å²) in [6.45, 7) is 6.21. The van der Waals surface area contributed by atoms with Crippen molar-refractivity contribution in [1.82, 2.24) is 43.1 Å². The van der Waals surface area contributed by atoms with Gasteiger partial charge in [0, 0.05) is 85.7 Å². The first kappa shape index (κ1) is 41.2. The third-order valence-corrected chi connectivity index (χ3v) is 16.3. The van der Waals surface area contributed by atoms with Gasteiger partial charge in [0.2, 0.25) is 20.0 Å². The van der Waals surface area contributed by atoms with E-state index in [0.717, 1.165) is 111 Å². The molecule has 10 rings (SSSR count). The molecule has 3 N–H and O–H groups in total. The summed E-state index contributed by atoms with van der Waals surface area (Å²) < 4.78 is 64.0. The minimum atomic E-state index is -4.00. The summed E-state index contributed by atoms with van der Waals surface area (Å²) >= 11 is 0. The second-order valence-corrected chi connectivity index (χ2v) is 20.5. The normalized spacial score (nSPS) is 16.4. The summed E-state index contributed by atoms with van der Waals surface area (Å²) in [5.74, 6) is 0. The average Bonchev–Trinajstić information content (AvgIpc) is 4.13. The molecule has 0 aliphatic carbocycles. The average molecular weight is 883 g/mol. The van der Waals surface area contributed by atoms with Gasteiger partial charge >= 0.3 is 0 Å². The predicted octanol–water partition coefficient (Wildman–Crippen LogP) is 7.25. The van der Waals surface area contributed by atoms with E-state index in [0.29, 0.717) is 6.54 Å². The molecule has 4 aromatic heterocycles. The van der Waals surface area contributed by atoms with E-state index in [9.17, 15) is 22.1 Å². The van der Waals surface area contributed by atoms with Crippen molar-refractivity contribution in [3.05, 3.63) is 115 Å². The molecule has 2 aliphatic rings. The van der Waals surface area contributed by atoms with E-state index in [1.807, 2.05) is 29.9 Å². The van der Waals surface area contributed by atoms with Gasteiger partial charge in [-0.2, -0.15) is 14.7 Å². The van der Waals surface area contributed by atoms with E-state index in [4.69, 9.17) is 5.10 Å². The van der Waals surface area contributed by atoms with Crippen LogP contribution in [0.25, 0.3) is 54.7 Å². The number of aromatic nitrogens is 5. The van der Waals surface area contributed by atoms with Gasteiger partial charge in [-0.3, -0.25) is 14.5 Å². The molecule has 0 saturated carbocycles. The Hall–Kier alpha value is -5.80. The maximum Gasteiger partial charge on any atom is 0.244 e. The van der Waals surface area contributed by atoms with Crippen LogP contribution < -0.4 is 4.72 Å². The van der Waals surface area contributed by atoms with Crippen molar-refractivity contribution >= 4 is 63.7 Å². The van der Waals surface area contributed by atoms with E-state index in [1.165, 1.54) is 4.31 Å². The number of H-pyrrole nitrogens is 2. The number of hydrogen-bond donors (Lipinski definition) is 3. The van der Waals surface area contributed by atoms with E-state index in [2.05, 4.69) is 84.6 Å². The van der Waals surface area contributed by atoms with Crippen molar-refractivity contribution in [3.8, 4) is 17.2 Å². The SMILES string of the molecule is CCn1nc([C@@H](CNS(=O)(=O)c2ccc3cc[nH]c3c2)N2CCC2)c2ccc(-c3ccc4c(C(CN(CC#N)S(=O)(=O)c5ccc6cc[nH]c6c5)N5CCCC5)cn(C)c4c3)cc21. The summed E-state index contributed by atoms with van der Waals surface area (Å²) in [7, 11) is -5.76. The Bertz CT molecular complexity index is 3280. The number of fused-ring (bicyclic) bond motifs is 4. The van der Waals surface area contributed by atoms with Crippen molar-refractivity contribution in [1.29, 1.82) is 5.26 Å². The molecule has 2 aliphatic heterocycles. The molecule has 63 heavy (non-hydrogen) atoms. The van der Waals surface area contributed by atoms with Crippen LogP contribution in [0, 0.1) is 11.3 Å². The van der Waals surface area contributed by atoms with Gasteiger partial charge in [0.1, 0.15) is 6.54 Å². The number of nitrogens with one attached hydrogen (secondary N) is 3. The number of hydrogen-bond acceptors (Lipinski definition) is 8. The molecule has 0 amide bonds. The van der Waals surface area contributed by atoms with Crippen LogP contribution in [0.15, 0.2) is 113 Å². The van der Waals surface area contributed by atoms with Crippen molar-refractivity contribution in [3.63, 3.8) is 0 Å². The van der Waals surface area contributed by atoms with Crippen molar-refractivity contribution < 1.29 is 16.8 Å². The molecule has 2 atom stereocenters. The Morgan fingerprint density at radius 3 is 2.03 bits per heavy atom. The second-order valence-electron chi connectivity index (χ2n) is 16.8. The molecular weight excluding hydrogens is 833 g/mol. The highest BCUT2D eigenvalue weighted by molar-refractivity contribution is 7.89. The van der Waals surface area contributed by atoms with Gasteiger partial charge in [0.25, 0.3) is 0 Å². The smallest absolute Gasteiger partial charge is 0.244 e. The van der Waals surface area contributed by atoms with Crippen LogP contribution in [0.5, 0.6) is 0 Å². The van der Waals surface area contributed by atoms with Gasteiger partial charge in [0.05, 0.1) is 39.2 Å². The Morgan fingerprint density at radius 2 is 1.38 bits per heavy atom. The number of rotatable bonds is 15. The largest absolute Gasteiger partial charge is 0.361 e. The van der Waals surface area contributed by atoms with E-state index >= 15 is 0 Å². The van der Waals surface area contributed by atoms with Crippen LogP contribution in [0.4, 0.5) is 0 Å². The molecule has 8 aromatic rings. The van der Waals surface area contributed by atoms with Gasteiger partial charge in [-0.1, -0.05) is 36.4 Å². The quantitative estimate of drug-likeness (QED) is 0.0906. The number of sulfonamides is 2. The molecular formula is C47H50N10O4S2. The van der Waals surface area contributed by atoms with Gasteiger partial charge in [-0.15, -0.1) is 0 Å². The standard InChI is InChI=1S/C47H50N10O4S2/c1-3-57-44-26-35(10-14-39(44)47(52-57)45(54-22-6-23-54)29-51-62(58,59)36-11-7-32-15-18-49-41(32)27-36)34-9-13-38-40(30-53(2)43(38)25-34)46(55-20-4-5-21-55)31-56(24-17-48)63(60,61)37-12-8-33-16-19-50-42(33)28-37/h7-16,18-19,25-28,30,45-46,49-51H,3-6,20-24,29,31H2,1-2H3/t45-,46?/m1/s1. The first-order chi connectivity index (χ1) is 30.5. The third-order valence-electron chi connectivity index (χ3n) is 13.1. The lowest BCUT2D eigenvalue weighted by Crippen LogP contribution is -2.45. The summed E-state index contributed by atoms with van der Waals surface area (Å²) in [6.07, 6.45) is 8.80. The highest BCUT2D eigenvalue weighted by Gasteiger charge is 2.34. The minimum absolute atomic E-state index is 0.141. The molecule has 2 saturated heterocycles. The van der Waals surface area contributed by atoms with E-state index < -0.39 is 20.0 Å². The molecule has 1 unspecified atom stereocenters. The fourth-order valence-electron chi connectivity index (χ4n) is 9.56. The van der Waals surface area contributed by atoms with Crippen LogP contribution in [0.3, 0.4) is 0 Å². The maximum atomic E-state index is 14.2. The molecule has 0 radical (unpaired) electrons. The maximum absolute atomic E-state index is 14.2. The Kier molecular flexibility index (Phi) is 10.7. The summed E-state index contributed by atoms with van der Waals surface area (Å²) in [4.78, 5) is 11.2. The van der Waals surface area contributed by atoms with E-state index in [-0.39, 0.29) is 41.5 Å². The van der Waals surface area contributed by atoms with E-state index in [1.54, 1.807) is 42.7 Å². The first-order valence-corrected chi connectivity index (χ1v) is 24.5. The number of nitrogens with zero attached hydrogens (tertiary/aromatic N) is 7. The molecule has 324 valence electrons. The molecule has 0 spiro atoms. The zero-order chi connectivity index (χ0) is 43.5. The Morgan fingerprint density at radius 1 is 0.762 bits per heavy atom. The highest BCUT2D eigenvalue weighted by atomic mass is 32.2. The number of aryl methyl sites for hydroxylation is 2. The minimum Gasteiger partial charge on any atom is -0.361 e. The van der Waals surface area contributed by atoms with Gasteiger partial charge in [-0.25, -0.2) is 21.6 Å². The first-order valence-electron chi connectivity index (χ1n) is 21.6. The fourth-order valence-corrected chi connectivity index (χ4v) is 12.0. The molecule has 0 bridgehead atoms. The lowest BCUT2D eigenvalue weighted by Gasteiger charge is -2.37. The topological polar surface area (TPSA) is 168 Å². The predicted molar refractivity (Wildman–Crippen MR) is 246 cm³/mol. The molecule has 4 aromatic carbocycles. The molecule has 14 nitrogen and oxygen atoms in total. The fraction of sp³-hybridized carbons (Fsp3) is 0.319. The Labute approximate surface area is 366 Å². The summed E-state index contributed by atoms with van der Waals surface area (Å²) in [5.41, 5.74) is 7.43. The lowest BCUT2D eigenvalue weighted by atomic mass is 9.98. The van der Waals surface area contributed by atoms with Crippen LogP contribution in [0.1, 0.15) is 49.5 Å². The highest BCUT2D eigenvalue weighted by Crippen LogP contribution is 2.38. The van der Waals surface area contributed by atoms with Crippen LogP contribution in [-0.4, -0.2) is 101 Å². The van der Waals surface area contributed by atoms with Gasteiger partial charge in [-0.05, 0) is 115 Å². The lowest BCUT2D eigenvalue weighted by molar-refractivity contribution is 0.117. The third kappa shape index (κ3) is 7.52. The zero-order valence-electron chi connectivity index (χ0n) is 35.3. The molecule has 2 fully saturated rings. The monoisotopic (exact) mass is 882 g/mol. The van der Waals surface area contributed by atoms with Crippen LogP contribution in [-0.2, 0) is 33.6 Å². The van der Waals surface area contributed by atoms with Gasteiger partial charge in [0.15, 0.2) is 0 Å². The summed E-state index contributed by atoms with van der Waals surface area (Å²) in [5, 5.41) is 18.9. The van der Waals surface area contributed by atoms with Crippen molar-refractivity contribution in [2.24, 2.45) is 7.05 Å². The van der Waals surface area contributed by atoms with Crippen LogP contribution in [0.2, 0.25) is 0 Å². The molecule has 6 heterocycles. The number of nitriles is 1. The molecule has 16 heteroatoms. The van der Waals surface area contributed by atoms with Crippen molar-refractivity contribution in [2.75, 3.05) is 45.8 Å². The number of aromatic amines is 2. The van der Waals surface area contributed by atoms with Crippen molar-refractivity contribution in [2.45, 2.75) is 54.6 Å². The van der Waals surface area contributed by atoms with Crippen LogP contribution >= 0.6 is 0 Å². The Balaban J connectivity index is 0.957. The second kappa shape index (κ2) is 16.4. The number of benzene rings is 4.